The summed E-state index contributed by atoms with van der Waals surface area (Å²) in [5.41, 5.74) is 3.71. The van der Waals surface area contributed by atoms with Crippen molar-refractivity contribution >= 4 is 15.9 Å². The molecule has 16 heavy (non-hydrogen) atoms. The molecular formula is C13H17BrO2. The van der Waals surface area contributed by atoms with E-state index in [4.69, 9.17) is 9.47 Å². The maximum atomic E-state index is 5.89. The minimum atomic E-state index is -0.516. The van der Waals surface area contributed by atoms with Gasteiger partial charge in [-0.1, -0.05) is 28.9 Å². The lowest BCUT2D eigenvalue weighted by Gasteiger charge is -2.34. The summed E-state index contributed by atoms with van der Waals surface area (Å²) in [6, 6.07) is 4.38. The number of hydrogen-bond donors (Lipinski definition) is 0. The Balaban J connectivity index is 2.46. The van der Waals surface area contributed by atoms with Crippen molar-refractivity contribution in [2.75, 3.05) is 0 Å². The minimum absolute atomic E-state index is 0.516. The molecule has 88 valence electrons. The Morgan fingerprint density at radius 1 is 1.38 bits per heavy atom. The van der Waals surface area contributed by atoms with Crippen LogP contribution < -0.4 is 4.74 Å². The van der Waals surface area contributed by atoms with Gasteiger partial charge in [-0.15, -0.1) is 0 Å². The molecule has 0 radical (unpaired) electrons. The van der Waals surface area contributed by atoms with E-state index in [1.165, 1.54) is 11.1 Å². The summed E-state index contributed by atoms with van der Waals surface area (Å²) in [5, 5.41) is 0.819. The van der Waals surface area contributed by atoms with Crippen LogP contribution >= 0.6 is 15.9 Å². The van der Waals surface area contributed by atoms with Crippen LogP contribution in [0.3, 0.4) is 0 Å². The van der Waals surface area contributed by atoms with Crippen LogP contribution in [0.4, 0.5) is 0 Å². The summed E-state index contributed by atoms with van der Waals surface area (Å²) in [7, 11) is 0. The quantitative estimate of drug-likeness (QED) is 0.770. The van der Waals surface area contributed by atoms with Crippen molar-refractivity contribution in [2.24, 2.45) is 0 Å². The summed E-state index contributed by atoms with van der Waals surface area (Å²) in [4.78, 5) is 0. The van der Waals surface area contributed by atoms with Gasteiger partial charge in [-0.05, 0) is 18.1 Å². The molecule has 1 heterocycles. The largest absolute Gasteiger partial charge is 0.462 e. The Morgan fingerprint density at radius 3 is 2.75 bits per heavy atom. The van der Waals surface area contributed by atoms with Gasteiger partial charge in [0.2, 0.25) is 5.79 Å². The Kier molecular flexibility index (Phi) is 3.27. The van der Waals surface area contributed by atoms with E-state index in [9.17, 15) is 0 Å². The van der Waals surface area contributed by atoms with Crippen LogP contribution in [-0.4, -0.2) is 5.79 Å². The fraction of sp³-hybridized carbons (Fsp3) is 0.538. The number of rotatable bonds is 2. The van der Waals surface area contributed by atoms with Crippen LogP contribution in [0.1, 0.15) is 37.5 Å². The van der Waals surface area contributed by atoms with Gasteiger partial charge < -0.3 is 9.47 Å². The number of benzene rings is 1. The van der Waals surface area contributed by atoms with Crippen LogP contribution in [0, 0.1) is 0 Å². The standard InChI is InChI=1S/C13H17BrO2/c1-4-9-5-10(7-14)12-11(6-9)8-15-13(2,3)16-12/h5-6H,4,7-8H2,1-3H3. The number of ether oxygens (including phenoxy) is 2. The average Bonchev–Trinajstić information content (AvgIpc) is 2.26. The minimum Gasteiger partial charge on any atom is -0.462 e. The number of fused-ring (bicyclic) bond motifs is 1. The normalized spacial score (nSPS) is 17.8. The first-order chi connectivity index (χ1) is 7.55. The van der Waals surface area contributed by atoms with E-state index >= 15 is 0 Å². The zero-order chi connectivity index (χ0) is 11.8. The fourth-order valence-electron chi connectivity index (χ4n) is 1.90. The Labute approximate surface area is 105 Å². The highest BCUT2D eigenvalue weighted by Gasteiger charge is 2.29. The molecule has 0 fully saturated rings. The van der Waals surface area contributed by atoms with Crippen molar-refractivity contribution in [2.45, 2.75) is 44.9 Å². The summed E-state index contributed by atoms with van der Waals surface area (Å²) in [6.45, 7) is 6.69. The first kappa shape index (κ1) is 11.9. The third kappa shape index (κ3) is 2.25. The highest BCUT2D eigenvalue weighted by molar-refractivity contribution is 9.08. The van der Waals surface area contributed by atoms with Gasteiger partial charge >= 0.3 is 0 Å². The SMILES string of the molecule is CCc1cc(CBr)c2c(c1)COC(C)(C)O2. The van der Waals surface area contributed by atoms with E-state index in [0.717, 1.165) is 23.1 Å². The second kappa shape index (κ2) is 4.38. The molecule has 0 N–H and O–H groups in total. The van der Waals surface area contributed by atoms with Gasteiger partial charge in [-0.25, -0.2) is 0 Å². The number of halogens is 1. The molecule has 1 aliphatic rings. The zero-order valence-electron chi connectivity index (χ0n) is 9.97. The third-order valence-electron chi connectivity index (χ3n) is 2.78. The molecule has 0 amide bonds. The van der Waals surface area contributed by atoms with Crippen LogP contribution in [-0.2, 0) is 23.1 Å². The van der Waals surface area contributed by atoms with Gasteiger partial charge in [0.1, 0.15) is 5.75 Å². The third-order valence-corrected chi connectivity index (χ3v) is 3.38. The van der Waals surface area contributed by atoms with E-state index in [0.29, 0.717) is 6.61 Å². The van der Waals surface area contributed by atoms with Gasteiger partial charge in [-0.3, -0.25) is 0 Å². The number of hydrogen-bond acceptors (Lipinski definition) is 2. The predicted octanol–water partition coefficient (Wildman–Crippen LogP) is 3.79. The van der Waals surface area contributed by atoms with E-state index < -0.39 is 5.79 Å². The summed E-state index contributed by atoms with van der Waals surface area (Å²) in [5.74, 6) is 0.475. The number of aryl methyl sites for hydroxylation is 1. The molecule has 2 rings (SSSR count). The van der Waals surface area contributed by atoms with E-state index in [2.05, 4.69) is 35.0 Å². The first-order valence-corrected chi connectivity index (χ1v) is 6.71. The van der Waals surface area contributed by atoms with Gasteiger partial charge in [0.15, 0.2) is 0 Å². The fourth-order valence-corrected chi connectivity index (χ4v) is 2.31. The van der Waals surface area contributed by atoms with Crippen molar-refractivity contribution in [1.82, 2.24) is 0 Å². The molecule has 2 nitrogen and oxygen atoms in total. The van der Waals surface area contributed by atoms with Gasteiger partial charge in [0, 0.05) is 30.3 Å². The second-order valence-corrected chi connectivity index (χ2v) is 5.08. The first-order valence-electron chi connectivity index (χ1n) is 5.59. The second-order valence-electron chi connectivity index (χ2n) is 4.52. The Morgan fingerprint density at radius 2 is 2.12 bits per heavy atom. The van der Waals surface area contributed by atoms with Crippen molar-refractivity contribution in [1.29, 1.82) is 0 Å². The Bertz CT molecular complexity index is 382. The van der Waals surface area contributed by atoms with E-state index in [1.807, 2.05) is 13.8 Å². The maximum Gasteiger partial charge on any atom is 0.205 e. The van der Waals surface area contributed by atoms with Crippen molar-refractivity contribution in [3.8, 4) is 5.75 Å². The monoisotopic (exact) mass is 284 g/mol. The lowest BCUT2D eigenvalue weighted by molar-refractivity contribution is -0.180. The molecular weight excluding hydrogens is 268 g/mol. The van der Waals surface area contributed by atoms with Gasteiger partial charge in [0.25, 0.3) is 0 Å². The lowest BCUT2D eigenvalue weighted by atomic mass is 10.0. The van der Waals surface area contributed by atoms with Crippen LogP contribution in [0.5, 0.6) is 5.75 Å². The molecule has 1 aromatic carbocycles. The van der Waals surface area contributed by atoms with Crippen LogP contribution in [0.25, 0.3) is 0 Å². The summed E-state index contributed by atoms with van der Waals surface area (Å²) >= 11 is 3.52. The molecule has 0 unspecified atom stereocenters. The smallest absolute Gasteiger partial charge is 0.205 e. The average molecular weight is 285 g/mol. The predicted molar refractivity (Wildman–Crippen MR) is 67.9 cm³/mol. The lowest BCUT2D eigenvalue weighted by Crippen LogP contribution is -2.35. The molecule has 3 heteroatoms. The molecule has 0 saturated heterocycles. The van der Waals surface area contributed by atoms with Crippen LogP contribution in [0.2, 0.25) is 0 Å². The van der Waals surface area contributed by atoms with Crippen molar-refractivity contribution in [3.05, 3.63) is 28.8 Å². The Hall–Kier alpha value is -0.540. The molecule has 0 aromatic heterocycles. The number of alkyl halides is 1. The van der Waals surface area contributed by atoms with Crippen LogP contribution in [0.15, 0.2) is 12.1 Å². The van der Waals surface area contributed by atoms with Crippen molar-refractivity contribution in [3.63, 3.8) is 0 Å². The summed E-state index contributed by atoms with van der Waals surface area (Å²) < 4.78 is 11.5. The summed E-state index contributed by atoms with van der Waals surface area (Å²) in [6.07, 6.45) is 1.04. The van der Waals surface area contributed by atoms with E-state index in [-0.39, 0.29) is 0 Å². The molecule has 1 aliphatic heterocycles. The van der Waals surface area contributed by atoms with E-state index in [1.54, 1.807) is 0 Å². The van der Waals surface area contributed by atoms with Gasteiger partial charge in [0.05, 0.1) is 6.61 Å². The molecule has 1 aromatic rings. The van der Waals surface area contributed by atoms with Gasteiger partial charge in [-0.2, -0.15) is 0 Å². The molecule has 0 saturated carbocycles. The molecule has 0 spiro atoms. The van der Waals surface area contributed by atoms with Crippen molar-refractivity contribution < 1.29 is 9.47 Å². The molecule has 0 atom stereocenters. The molecule has 0 bridgehead atoms. The molecule has 0 aliphatic carbocycles. The zero-order valence-corrected chi connectivity index (χ0v) is 11.6. The maximum absolute atomic E-state index is 5.89. The highest BCUT2D eigenvalue weighted by atomic mass is 79.9. The highest BCUT2D eigenvalue weighted by Crippen LogP contribution is 2.36. The topological polar surface area (TPSA) is 18.5 Å².